The Labute approximate surface area is 230 Å². The number of aliphatic hydroxyl groups excluding tert-OH is 2. The highest BCUT2D eigenvalue weighted by molar-refractivity contribution is 5.82. The first-order valence-electron chi connectivity index (χ1n) is 13.8. The first-order chi connectivity index (χ1) is 18.0. The molecule has 0 spiro atoms. The number of ether oxygens (including phenoxy) is 4. The van der Waals surface area contributed by atoms with Crippen LogP contribution in [0.15, 0.2) is 0 Å². The Bertz CT molecular complexity index is 902. The van der Waals surface area contributed by atoms with Crippen molar-refractivity contribution in [3.63, 3.8) is 0 Å². The number of carboxylic acid groups (broad SMARTS) is 1. The molecule has 224 valence electrons. The van der Waals surface area contributed by atoms with Crippen molar-refractivity contribution in [2.24, 2.45) is 34.0 Å². The van der Waals surface area contributed by atoms with E-state index in [1.54, 1.807) is 41.5 Å². The van der Waals surface area contributed by atoms with Crippen LogP contribution in [0.1, 0.15) is 80.6 Å². The van der Waals surface area contributed by atoms with Crippen molar-refractivity contribution in [1.29, 1.82) is 0 Å². The number of fused-ring (bicyclic) bond motifs is 2. The van der Waals surface area contributed by atoms with Gasteiger partial charge in [0.1, 0.15) is 12.7 Å². The molecule has 0 heterocycles. The number of esters is 3. The zero-order chi connectivity index (χ0) is 29.8. The molecule has 2 bridgehead atoms. The minimum atomic E-state index is -1.39. The van der Waals surface area contributed by atoms with Gasteiger partial charge in [-0.15, -0.1) is 0 Å². The van der Waals surface area contributed by atoms with E-state index >= 15 is 0 Å². The molecule has 11 heteroatoms. The Hall–Kier alpha value is -2.24. The van der Waals surface area contributed by atoms with Gasteiger partial charge in [-0.1, -0.05) is 6.92 Å². The molecule has 2 rings (SSSR count). The van der Waals surface area contributed by atoms with Crippen LogP contribution >= 0.6 is 0 Å². The van der Waals surface area contributed by atoms with E-state index in [1.165, 1.54) is 6.92 Å². The van der Waals surface area contributed by atoms with E-state index in [4.69, 9.17) is 24.1 Å². The Morgan fingerprint density at radius 3 is 2.13 bits per heavy atom. The van der Waals surface area contributed by atoms with Crippen molar-refractivity contribution in [2.75, 3.05) is 19.8 Å². The standard InChI is InChI=1S/C28H46O11/c1-8-27(6,23(32)33)15-28(7,25(35)37-11-10-29)14-26(4,5)24(34)39-21-18-12-17(20(21)30)13-19(18)22(31)38-16(3)36-9-2/h16-21,29-30H,8-15H2,1-7H3,(H,32,33). The predicted octanol–water partition coefficient (Wildman–Crippen LogP) is 2.69. The lowest BCUT2D eigenvalue weighted by Gasteiger charge is -2.40. The van der Waals surface area contributed by atoms with Crippen LogP contribution in [0.5, 0.6) is 0 Å². The van der Waals surface area contributed by atoms with Gasteiger partial charge in [-0.05, 0) is 79.6 Å². The van der Waals surface area contributed by atoms with Gasteiger partial charge in [0, 0.05) is 12.5 Å². The number of rotatable bonds is 15. The van der Waals surface area contributed by atoms with E-state index in [9.17, 15) is 29.4 Å². The molecule has 2 aliphatic rings. The van der Waals surface area contributed by atoms with E-state index < -0.39 is 77.1 Å². The summed E-state index contributed by atoms with van der Waals surface area (Å²) < 4.78 is 21.7. The van der Waals surface area contributed by atoms with Crippen molar-refractivity contribution >= 4 is 23.9 Å². The van der Waals surface area contributed by atoms with Gasteiger partial charge in [-0.3, -0.25) is 19.2 Å². The Kier molecular flexibility index (Phi) is 10.9. The SMILES string of the molecule is CCOC(C)OC(=O)C1CC2CC1C(OC(=O)C(C)(C)CC(C)(CC(C)(CC)C(=O)O)C(=O)OCCO)C2O. The van der Waals surface area contributed by atoms with Crippen molar-refractivity contribution < 1.29 is 53.4 Å². The van der Waals surface area contributed by atoms with Gasteiger partial charge in [0.25, 0.3) is 0 Å². The van der Waals surface area contributed by atoms with Crippen LogP contribution in [-0.2, 0) is 38.1 Å². The van der Waals surface area contributed by atoms with Gasteiger partial charge >= 0.3 is 23.9 Å². The number of hydrogen-bond donors (Lipinski definition) is 3. The molecule has 3 N–H and O–H groups in total. The lowest BCUT2D eigenvalue weighted by molar-refractivity contribution is -0.190. The molecule has 39 heavy (non-hydrogen) atoms. The summed E-state index contributed by atoms with van der Waals surface area (Å²) in [6.07, 6.45) is -1.57. The van der Waals surface area contributed by atoms with Crippen LogP contribution in [0, 0.1) is 34.0 Å². The average molecular weight is 559 g/mol. The largest absolute Gasteiger partial charge is 0.481 e. The van der Waals surface area contributed by atoms with Crippen LogP contribution in [0.2, 0.25) is 0 Å². The number of hydrogen-bond acceptors (Lipinski definition) is 10. The summed E-state index contributed by atoms with van der Waals surface area (Å²) in [7, 11) is 0. The third-order valence-corrected chi connectivity index (χ3v) is 8.40. The van der Waals surface area contributed by atoms with Gasteiger partial charge < -0.3 is 34.3 Å². The highest BCUT2D eigenvalue weighted by Gasteiger charge is 2.58. The second-order valence-corrected chi connectivity index (χ2v) is 12.2. The van der Waals surface area contributed by atoms with Gasteiger partial charge in [-0.2, -0.15) is 0 Å². The van der Waals surface area contributed by atoms with Gasteiger partial charge in [0.05, 0.1) is 34.9 Å². The molecule has 0 radical (unpaired) electrons. The number of carbonyl (C=O) groups is 4. The molecule has 0 amide bonds. The minimum absolute atomic E-state index is 0.0970. The lowest BCUT2D eigenvalue weighted by atomic mass is 9.65. The molecule has 0 saturated heterocycles. The van der Waals surface area contributed by atoms with Gasteiger partial charge in [-0.25, -0.2) is 0 Å². The molecule has 0 aliphatic heterocycles. The predicted molar refractivity (Wildman–Crippen MR) is 138 cm³/mol. The maximum absolute atomic E-state index is 13.5. The smallest absolute Gasteiger partial charge is 0.311 e. The number of aliphatic carboxylic acids is 1. The van der Waals surface area contributed by atoms with Gasteiger partial charge in [0.15, 0.2) is 6.29 Å². The molecule has 2 saturated carbocycles. The summed E-state index contributed by atoms with van der Waals surface area (Å²) in [4.78, 5) is 51.4. The lowest BCUT2D eigenvalue weighted by Crippen LogP contribution is -2.47. The first kappa shape index (κ1) is 33.0. The topological polar surface area (TPSA) is 166 Å². The molecule has 2 fully saturated rings. The second kappa shape index (κ2) is 13.0. The fraction of sp³-hybridized carbons (Fsp3) is 0.857. The molecule has 8 unspecified atom stereocenters. The summed E-state index contributed by atoms with van der Waals surface area (Å²) in [5.41, 5.74) is -3.93. The van der Waals surface area contributed by atoms with Crippen LogP contribution in [0.3, 0.4) is 0 Å². The fourth-order valence-corrected chi connectivity index (χ4v) is 6.29. The van der Waals surface area contributed by atoms with E-state index in [2.05, 4.69) is 0 Å². The molecule has 2 aliphatic carbocycles. The number of carbonyl (C=O) groups excluding carboxylic acids is 3. The maximum atomic E-state index is 13.5. The third kappa shape index (κ3) is 7.49. The Morgan fingerprint density at radius 1 is 0.974 bits per heavy atom. The van der Waals surface area contributed by atoms with Crippen LogP contribution in [-0.4, -0.2) is 77.5 Å². The van der Waals surface area contributed by atoms with Crippen molar-refractivity contribution in [3.05, 3.63) is 0 Å². The molecule has 0 aromatic heterocycles. The Balaban J connectivity index is 2.22. The average Bonchev–Trinajstić information content (AvgIpc) is 3.41. The monoisotopic (exact) mass is 558 g/mol. The highest BCUT2D eigenvalue weighted by Crippen LogP contribution is 2.51. The molecular weight excluding hydrogens is 512 g/mol. The summed E-state index contributed by atoms with van der Waals surface area (Å²) in [6, 6.07) is 0. The maximum Gasteiger partial charge on any atom is 0.311 e. The summed E-state index contributed by atoms with van der Waals surface area (Å²) in [6.45, 7) is 11.1. The first-order valence-corrected chi connectivity index (χ1v) is 13.8. The molecule has 11 nitrogen and oxygen atoms in total. The summed E-state index contributed by atoms with van der Waals surface area (Å²) in [5.74, 6) is -4.09. The quantitative estimate of drug-likeness (QED) is 0.154. The highest BCUT2D eigenvalue weighted by atomic mass is 16.7. The zero-order valence-electron chi connectivity index (χ0n) is 24.2. The zero-order valence-corrected chi connectivity index (χ0v) is 24.2. The van der Waals surface area contributed by atoms with E-state index in [0.717, 1.165) is 0 Å². The summed E-state index contributed by atoms with van der Waals surface area (Å²) >= 11 is 0. The normalized spacial score (nSPS) is 28.2. The molecule has 0 aromatic rings. The van der Waals surface area contributed by atoms with Gasteiger partial charge in [0.2, 0.25) is 0 Å². The Morgan fingerprint density at radius 2 is 1.62 bits per heavy atom. The van der Waals surface area contributed by atoms with Crippen LogP contribution < -0.4 is 0 Å². The number of carboxylic acids is 1. The molecular formula is C28H46O11. The second-order valence-electron chi connectivity index (χ2n) is 12.2. The van der Waals surface area contributed by atoms with Crippen LogP contribution in [0.4, 0.5) is 0 Å². The minimum Gasteiger partial charge on any atom is -0.481 e. The molecule has 0 aromatic carbocycles. The van der Waals surface area contributed by atoms with Crippen molar-refractivity contribution in [3.8, 4) is 0 Å². The molecule has 8 atom stereocenters. The van der Waals surface area contributed by atoms with E-state index in [1.807, 2.05) is 0 Å². The number of aliphatic hydroxyl groups is 2. The third-order valence-electron chi connectivity index (χ3n) is 8.40. The fourth-order valence-electron chi connectivity index (χ4n) is 6.29. The van der Waals surface area contributed by atoms with E-state index in [-0.39, 0.29) is 31.8 Å². The van der Waals surface area contributed by atoms with E-state index in [0.29, 0.717) is 19.4 Å². The van der Waals surface area contributed by atoms with Crippen LogP contribution in [0.25, 0.3) is 0 Å². The van der Waals surface area contributed by atoms with Crippen molar-refractivity contribution in [1.82, 2.24) is 0 Å². The van der Waals surface area contributed by atoms with Crippen molar-refractivity contribution in [2.45, 2.75) is 99.1 Å². The summed E-state index contributed by atoms with van der Waals surface area (Å²) in [5, 5.41) is 29.8.